The summed E-state index contributed by atoms with van der Waals surface area (Å²) in [6.45, 7) is 6.81. The van der Waals surface area contributed by atoms with Crippen LogP contribution in [0, 0.1) is 17.3 Å². The third kappa shape index (κ3) is 11.4. The highest BCUT2D eigenvalue weighted by molar-refractivity contribution is 8.00. The highest BCUT2D eigenvalue weighted by Crippen LogP contribution is 2.73. The van der Waals surface area contributed by atoms with Gasteiger partial charge < -0.3 is 19.6 Å². The number of piperidine rings is 1. The van der Waals surface area contributed by atoms with Gasteiger partial charge >= 0.3 is 0 Å². The Morgan fingerprint density at radius 2 is 0.585 bits per heavy atom. The lowest BCUT2D eigenvalue weighted by atomic mass is 9.31. The Hall–Kier alpha value is -13.6. The van der Waals surface area contributed by atoms with Gasteiger partial charge in [-0.1, -0.05) is 353 Å². The predicted molar refractivity (Wildman–Crippen MR) is 521 cm³/mol. The Bertz CT molecular complexity index is 6880. The van der Waals surface area contributed by atoms with Gasteiger partial charge in [0.2, 0.25) is 6.71 Å². The summed E-state index contributed by atoms with van der Waals surface area (Å²) in [6.07, 6.45) is 6.45. The molecule has 0 aromatic heterocycles. The number of nitrogens with zero attached hydrogens (tertiary/aromatic N) is 4. The van der Waals surface area contributed by atoms with Gasteiger partial charge in [-0.25, -0.2) is 0 Å². The molecule has 5 heterocycles. The van der Waals surface area contributed by atoms with Crippen molar-refractivity contribution < 1.29 is 0 Å². The summed E-state index contributed by atoms with van der Waals surface area (Å²) in [6, 6.07) is 152. The first-order valence-electron chi connectivity index (χ1n) is 44.2. The number of hydrogen-bond acceptors (Lipinski definition) is 5. The quantitative estimate of drug-likeness (QED) is 0.106. The third-order valence-corrected chi connectivity index (χ3v) is 30.2. The van der Waals surface area contributed by atoms with Crippen molar-refractivity contribution >= 4 is 115 Å². The van der Waals surface area contributed by atoms with E-state index in [2.05, 4.69) is 435 Å². The zero-order chi connectivity index (χ0) is 81.3. The molecule has 4 fully saturated rings. The molecule has 8 aliphatic rings. The Morgan fingerprint density at radius 3 is 0.943 bits per heavy atom. The van der Waals surface area contributed by atoms with E-state index in [-0.39, 0.29) is 18.8 Å². The van der Waals surface area contributed by atoms with E-state index in [1.165, 1.54) is 220 Å². The van der Waals surface area contributed by atoms with Gasteiger partial charge in [0.05, 0.1) is 17.1 Å². The summed E-state index contributed by atoms with van der Waals surface area (Å²) in [5, 5.41) is 0. The van der Waals surface area contributed by atoms with E-state index in [1.807, 2.05) is 11.8 Å². The summed E-state index contributed by atoms with van der Waals surface area (Å²) >= 11 is 1.99. The van der Waals surface area contributed by atoms with Gasteiger partial charge in [-0.15, -0.1) is 0 Å². The summed E-state index contributed by atoms with van der Waals surface area (Å²) in [4.78, 5) is 13.9. The molecule has 17 aromatic rings. The Labute approximate surface area is 726 Å². The number of anilines is 10. The predicted octanol–water partition coefficient (Wildman–Crippen LogP) is 26.6. The largest absolute Gasteiger partial charge is 0.365 e. The maximum atomic E-state index is 3.02. The smallest absolute Gasteiger partial charge is 0.252 e. The van der Waals surface area contributed by atoms with Gasteiger partial charge in [0.25, 0.3) is 6.71 Å². The van der Waals surface area contributed by atoms with Crippen molar-refractivity contribution in [2.24, 2.45) is 17.3 Å². The SMILES string of the molecule is CC(C)(C)c1cc2c3c(c1)N(c1c(-c4ccccc4)cc(-c4ccccc4)cc1-c1ccccc1)c1ccccc1B3c1cc3c(cc1S2)N(c1c(-c2ccccc2)cc(-c2ccccc2)cc1-c1ccccc1)c1cc(N2C4CC5CC6CC2CC56C4)cc2c1B3c1ccccc1N2c1c(-c2ccccc2)cc(-c2ccccc2)cc1-c1ccccc1. The standard InChI is InChI=1S/C116H88B2N4S/c1-115(2,3)86-66-105-111-109(67-86)123-108-71-104-100(70-101(108)118(111)99-54-32-34-56-103(99)120(105)112-92(77-41-19-7-20-42-77)57-83(74-35-13-4-14-36-74)58-93(112)78-43-21-8-22-44-78)117-98-53-31-33-55-102(98)121(113-94(79-45-23-9-24-46-79)59-84(75-37-15-5-16-38-75)60-95(113)80-47-25-10-26-48-80)106-68-89(119-90-64-87-63-88-65-91(119)73-116(87,88)72-90)69-107(110(106)117)122(104)114-96(81-49-27-11-28-50-81)61-85(76-39-17-6-18-40-76)62-97(114)82-51-29-12-30-52-82/h4-62,66-71,87-88,90-91H,63-65,72-73H2,1-3H3. The van der Waals surface area contributed by atoms with E-state index < -0.39 is 0 Å². The molecule has 123 heavy (non-hydrogen) atoms. The van der Waals surface area contributed by atoms with Crippen molar-refractivity contribution in [1.29, 1.82) is 0 Å². The van der Waals surface area contributed by atoms with E-state index in [4.69, 9.17) is 0 Å². The molecule has 584 valence electrons. The molecule has 3 bridgehead atoms. The maximum absolute atomic E-state index is 3.02. The minimum Gasteiger partial charge on any atom is -0.365 e. The van der Waals surface area contributed by atoms with Crippen LogP contribution < -0.4 is 52.4 Å². The first-order valence-corrected chi connectivity index (χ1v) is 45.0. The first kappa shape index (κ1) is 72.3. The highest BCUT2D eigenvalue weighted by Gasteiger charge is 2.69. The Kier molecular flexibility index (Phi) is 16.6. The van der Waals surface area contributed by atoms with Gasteiger partial charge in [0.15, 0.2) is 0 Å². The summed E-state index contributed by atoms with van der Waals surface area (Å²) in [7, 11) is 0. The van der Waals surface area contributed by atoms with Crippen molar-refractivity contribution in [2.75, 3.05) is 19.6 Å². The van der Waals surface area contributed by atoms with Crippen LogP contribution in [-0.2, 0) is 5.41 Å². The third-order valence-electron chi connectivity index (χ3n) is 29.1. The number of fused-ring (bicyclic) bond motifs is 10. The van der Waals surface area contributed by atoms with Crippen LogP contribution in [0.2, 0.25) is 0 Å². The molecule has 0 radical (unpaired) electrons. The Balaban J connectivity index is 0.810. The van der Waals surface area contributed by atoms with Crippen molar-refractivity contribution in [3.63, 3.8) is 0 Å². The van der Waals surface area contributed by atoms with E-state index in [9.17, 15) is 0 Å². The highest BCUT2D eigenvalue weighted by atomic mass is 32.2. The number of rotatable bonds is 13. The fourth-order valence-electron chi connectivity index (χ4n) is 23.7. The molecule has 1 saturated heterocycles. The number of para-hydroxylation sites is 2. The van der Waals surface area contributed by atoms with Crippen LogP contribution in [0.25, 0.3) is 100 Å². The zero-order valence-electron chi connectivity index (χ0n) is 69.2. The lowest BCUT2D eigenvalue weighted by Crippen LogP contribution is -2.64. The van der Waals surface area contributed by atoms with Crippen molar-refractivity contribution in [3.8, 4) is 100 Å². The van der Waals surface area contributed by atoms with Crippen LogP contribution in [0.1, 0.15) is 58.4 Å². The second-order valence-electron chi connectivity index (χ2n) is 36.6. The molecule has 17 aromatic carbocycles. The molecule has 0 amide bonds. The van der Waals surface area contributed by atoms with E-state index >= 15 is 0 Å². The van der Waals surface area contributed by atoms with Gasteiger partial charge in [0, 0.05) is 95.1 Å². The fourth-order valence-corrected chi connectivity index (χ4v) is 24.9. The van der Waals surface area contributed by atoms with Crippen LogP contribution in [0.5, 0.6) is 0 Å². The molecular weight excluding hydrogens is 1500 g/mol. The van der Waals surface area contributed by atoms with E-state index in [1.54, 1.807) is 0 Å². The zero-order valence-corrected chi connectivity index (χ0v) is 70.0. The van der Waals surface area contributed by atoms with Gasteiger partial charge in [-0.3, -0.25) is 0 Å². The summed E-state index contributed by atoms with van der Waals surface area (Å²) < 4.78 is 0. The molecule has 7 heteroatoms. The fraction of sp³-hybridized carbons (Fsp3) is 0.121. The minimum absolute atomic E-state index is 0.167. The molecule has 4 atom stereocenters. The molecule has 1 spiro atoms. The van der Waals surface area contributed by atoms with Crippen molar-refractivity contribution in [3.05, 3.63) is 400 Å². The van der Waals surface area contributed by atoms with Crippen LogP contribution in [0.4, 0.5) is 56.9 Å². The molecule has 5 aliphatic heterocycles. The minimum atomic E-state index is -0.241. The lowest BCUT2D eigenvalue weighted by molar-refractivity contribution is 0.00224. The molecule has 0 N–H and O–H groups in total. The van der Waals surface area contributed by atoms with Gasteiger partial charge in [-0.05, 0) is 233 Å². The van der Waals surface area contributed by atoms with Crippen LogP contribution in [-0.4, -0.2) is 25.5 Å². The molecule has 4 unspecified atom stereocenters. The monoisotopic (exact) mass is 1590 g/mol. The lowest BCUT2D eigenvalue weighted by Gasteiger charge is -2.49. The van der Waals surface area contributed by atoms with Crippen LogP contribution in [0.3, 0.4) is 0 Å². The van der Waals surface area contributed by atoms with Gasteiger partial charge in [-0.2, -0.15) is 0 Å². The normalized spacial score (nSPS) is 18.1. The van der Waals surface area contributed by atoms with Crippen molar-refractivity contribution in [1.82, 2.24) is 0 Å². The topological polar surface area (TPSA) is 13.0 Å². The van der Waals surface area contributed by atoms with Crippen molar-refractivity contribution in [2.45, 2.75) is 80.2 Å². The Morgan fingerprint density at radius 1 is 0.268 bits per heavy atom. The van der Waals surface area contributed by atoms with Crippen LogP contribution in [0.15, 0.2) is 404 Å². The second-order valence-corrected chi connectivity index (χ2v) is 37.7. The maximum Gasteiger partial charge on any atom is 0.252 e. The molecular formula is C116H88B2N4S. The average Bonchev–Trinajstić information content (AvgIpc) is 1.67. The summed E-state index contributed by atoms with van der Waals surface area (Å²) in [5.74, 6) is 1.58. The first-order chi connectivity index (χ1) is 60.6. The number of hydrogen-bond donors (Lipinski definition) is 0. The molecule has 3 saturated carbocycles. The molecule has 25 rings (SSSR count). The molecule has 4 nitrogen and oxygen atoms in total. The van der Waals surface area contributed by atoms with Gasteiger partial charge in [0.1, 0.15) is 0 Å². The van der Waals surface area contributed by atoms with E-state index in [0.29, 0.717) is 17.5 Å². The van der Waals surface area contributed by atoms with E-state index in [0.717, 1.165) is 28.7 Å². The average molecular weight is 1590 g/mol. The summed E-state index contributed by atoms with van der Waals surface area (Å²) in [5.41, 5.74) is 42.6. The molecule has 3 aliphatic carbocycles. The number of benzene rings is 17. The van der Waals surface area contributed by atoms with Crippen LogP contribution >= 0.6 is 11.8 Å². The second kappa shape index (κ2) is 28.3.